The molecule has 5 rings (SSSR count). The highest BCUT2D eigenvalue weighted by molar-refractivity contribution is 8.02. The number of nitrogens with zero attached hydrogens (tertiary/aromatic N) is 1. The van der Waals surface area contributed by atoms with E-state index < -0.39 is 22.6 Å². The van der Waals surface area contributed by atoms with Crippen LogP contribution in [0.4, 0.5) is 5.69 Å². The molecule has 2 bridgehead atoms. The summed E-state index contributed by atoms with van der Waals surface area (Å²) < 4.78 is -0.711. The number of likely N-dealkylation sites (tertiary alicyclic amines) is 1. The van der Waals surface area contributed by atoms with Gasteiger partial charge in [-0.3, -0.25) is 14.4 Å². The van der Waals surface area contributed by atoms with Gasteiger partial charge in [-0.15, -0.1) is 11.8 Å². The molecule has 190 valence electrons. The van der Waals surface area contributed by atoms with Crippen LogP contribution in [-0.2, 0) is 20.9 Å². The second-order valence-electron chi connectivity index (χ2n) is 9.83. The molecule has 3 saturated heterocycles. The highest BCUT2D eigenvalue weighted by atomic mass is 35.5. The lowest BCUT2D eigenvalue weighted by Gasteiger charge is -2.38. The molecule has 9 heteroatoms. The Morgan fingerprint density at radius 1 is 1.14 bits per heavy atom. The standard InChI is InChI=1S/C27H30ClN3O4S/c1-16-14-20-21(24(33)29-15-17-8-3-2-4-9-17)22-26(35)31(12-7-13-32)23(27(16,22)36-20)25(34)30-19-11-6-5-10-18(19)28/h2-6,8-11,16,20-23,32H,7,12-15H2,1H3,(H,29,33)(H,30,34)/t16?,20-,21+,22-,23?,27?/m0/s1. The molecule has 36 heavy (non-hydrogen) atoms. The van der Waals surface area contributed by atoms with Gasteiger partial charge in [0.05, 0.1) is 27.3 Å². The van der Waals surface area contributed by atoms with E-state index in [9.17, 15) is 19.5 Å². The summed E-state index contributed by atoms with van der Waals surface area (Å²) in [5, 5.41) is 15.9. The maximum absolute atomic E-state index is 13.9. The predicted molar refractivity (Wildman–Crippen MR) is 140 cm³/mol. The fourth-order valence-corrected chi connectivity index (χ4v) is 8.87. The van der Waals surface area contributed by atoms with Crippen LogP contribution in [0, 0.1) is 17.8 Å². The van der Waals surface area contributed by atoms with Crippen molar-refractivity contribution < 1.29 is 19.5 Å². The van der Waals surface area contributed by atoms with Crippen molar-refractivity contribution in [2.75, 3.05) is 18.5 Å². The first-order chi connectivity index (χ1) is 17.4. The molecule has 6 atom stereocenters. The number of amides is 3. The summed E-state index contributed by atoms with van der Waals surface area (Å²) in [5.74, 6) is -1.64. The Kier molecular flexibility index (Phi) is 7.03. The number of para-hydroxylation sites is 1. The predicted octanol–water partition coefficient (Wildman–Crippen LogP) is 3.31. The molecule has 2 aromatic rings. The molecule has 0 radical (unpaired) electrons. The minimum atomic E-state index is -0.755. The Morgan fingerprint density at radius 2 is 1.86 bits per heavy atom. The minimum absolute atomic E-state index is 0.0275. The SMILES string of the molecule is CC1C[C@@H]2SC13C(C(=O)Nc1ccccc1Cl)N(CCCO)C(=O)[C@@H]3[C@@H]2C(=O)NCc1ccccc1. The number of aliphatic hydroxyl groups is 1. The van der Waals surface area contributed by atoms with Crippen LogP contribution in [0.3, 0.4) is 0 Å². The average molecular weight is 528 g/mol. The summed E-state index contributed by atoms with van der Waals surface area (Å²) in [4.78, 5) is 42.8. The number of nitrogens with one attached hydrogen (secondary N) is 2. The van der Waals surface area contributed by atoms with E-state index in [1.54, 1.807) is 40.9 Å². The largest absolute Gasteiger partial charge is 0.396 e. The first-order valence-corrected chi connectivity index (χ1v) is 13.6. The number of aliphatic hydroxyl groups excluding tert-OH is 1. The number of fused-ring (bicyclic) bond motifs is 1. The molecule has 2 aromatic carbocycles. The van der Waals surface area contributed by atoms with Crippen molar-refractivity contribution in [2.45, 2.75) is 42.3 Å². The van der Waals surface area contributed by atoms with Gasteiger partial charge < -0.3 is 20.6 Å². The zero-order valence-corrected chi connectivity index (χ0v) is 21.6. The Hall–Kier alpha value is -2.55. The Morgan fingerprint density at radius 3 is 2.58 bits per heavy atom. The van der Waals surface area contributed by atoms with Crippen molar-refractivity contribution in [2.24, 2.45) is 17.8 Å². The molecule has 3 N–H and O–H groups in total. The third kappa shape index (κ3) is 4.09. The van der Waals surface area contributed by atoms with Crippen molar-refractivity contribution >= 4 is 46.8 Å². The van der Waals surface area contributed by atoms with Crippen molar-refractivity contribution in [1.29, 1.82) is 0 Å². The van der Waals surface area contributed by atoms with Crippen LogP contribution < -0.4 is 10.6 Å². The van der Waals surface area contributed by atoms with Crippen molar-refractivity contribution in [3.05, 3.63) is 65.2 Å². The van der Waals surface area contributed by atoms with Gasteiger partial charge in [-0.25, -0.2) is 0 Å². The number of carbonyl (C=O) groups is 3. The summed E-state index contributed by atoms with van der Waals surface area (Å²) in [5.41, 5.74) is 1.48. The topological polar surface area (TPSA) is 98.7 Å². The fraction of sp³-hybridized carbons (Fsp3) is 0.444. The van der Waals surface area contributed by atoms with Crippen LogP contribution in [0.15, 0.2) is 54.6 Å². The van der Waals surface area contributed by atoms with E-state index in [1.807, 2.05) is 30.3 Å². The molecule has 3 heterocycles. The van der Waals surface area contributed by atoms with Gasteiger partial charge in [0.1, 0.15) is 6.04 Å². The maximum atomic E-state index is 13.9. The second-order valence-corrected chi connectivity index (χ2v) is 11.8. The Bertz CT molecular complexity index is 1160. The second kappa shape index (κ2) is 10.1. The summed E-state index contributed by atoms with van der Waals surface area (Å²) in [7, 11) is 0. The molecule has 3 unspecified atom stereocenters. The normalized spacial score (nSPS) is 30.4. The number of thioether (sulfide) groups is 1. The average Bonchev–Trinajstić information content (AvgIpc) is 3.47. The smallest absolute Gasteiger partial charge is 0.248 e. The van der Waals surface area contributed by atoms with E-state index >= 15 is 0 Å². The maximum Gasteiger partial charge on any atom is 0.248 e. The van der Waals surface area contributed by atoms with E-state index in [2.05, 4.69) is 17.6 Å². The molecule has 3 aliphatic heterocycles. The number of halogens is 1. The Labute approximate surface area is 220 Å². The van der Waals surface area contributed by atoms with Gasteiger partial charge in [0.15, 0.2) is 0 Å². The number of hydrogen-bond acceptors (Lipinski definition) is 5. The van der Waals surface area contributed by atoms with Crippen molar-refractivity contribution in [3.8, 4) is 0 Å². The molecular formula is C27H30ClN3O4S. The van der Waals surface area contributed by atoms with E-state index in [4.69, 9.17) is 11.6 Å². The van der Waals surface area contributed by atoms with E-state index in [1.165, 1.54) is 0 Å². The van der Waals surface area contributed by atoms with Gasteiger partial charge in [-0.2, -0.15) is 0 Å². The van der Waals surface area contributed by atoms with Crippen molar-refractivity contribution in [3.63, 3.8) is 0 Å². The summed E-state index contributed by atoms with van der Waals surface area (Å²) in [6, 6.07) is 15.9. The van der Waals surface area contributed by atoms with Crippen LogP contribution in [0.1, 0.15) is 25.3 Å². The zero-order valence-electron chi connectivity index (χ0n) is 20.0. The van der Waals surface area contributed by atoms with Crippen LogP contribution >= 0.6 is 23.4 Å². The molecule has 0 aliphatic carbocycles. The van der Waals surface area contributed by atoms with Gasteiger partial charge in [0.25, 0.3) is 0 Å². The molecular weight excluding hydrogens is 498 g/mol. The molecule has 0 aromatic heterocycles. The summed E-state index contributed by atoms with van der Waals surface area (Å²) in [6.45, 7) is 2.63. The van der Waals surface area contributed by atoms with Gasteiger partial charge >= 0.3 is 0 Å². The highest BCUT2D eigenvalue weighted by Crippen LogP contribution is 2.68. The fourth-order valence-electron chi connectivity index (χ4n) is 6.27. The van der Waals surface area contributed by atoms with Crippen LogP contribution in [0.25, 0.3) is 0 Å². The molecule has 3 aliphatic rings. The van der Waals surface area contributed by atoms with Gasteiger partial charge in [-0.05, 0) is 36.5 Å². The van der Waals surface area contributed by atoms with E-state index in [0.29, 0.717) is 23.7 Å². The molecule has 0 saturated carbocycles. The number of carbonyl (C=O) groups excluding carboxylic acids is 3. The first kappa shape index (κ1) is 25.1. The van der Waals surface area contributed by atoms with Gasteiger partial charge in [0, 0.05) is 24.9 Å². The molecule has 7 nitrogen and oxygen atoms in total. The quantitative estimate of drug-likeness (QED) is 0.489. The lowest BCUT2D eigenvalue weighted by molar-refractivity contribution is -0.139. The third-order valence-electron chi connectivity index (χ3n) is 7.80. The molecule has 3 fully saturated rings. The highest BCUT2D eigenvalue weighted by Gasteiger charge is 2.75. The third-order valence-corrected chi connectivity index (χ3v) is 10.2. The summed E-state index contributed by atoms with van der Waals surface area (Å²) >= 11 is 7.93. The lowest BCUT2D eigenvalue weighted by atomic mass is 9.66. The number of hydrogen-bond donors (Lipinski definition) is 3. The molecule has 1 spiro atoms. The number of benzene rings is 2. The first-order valence-electron chi connectivity index (χ1n) is 12.3. The minimum Gasteiger partial charge on any atom is -0.396 e. The number of rotatable bonds is 8. The van der Waals surface area contributed by atoms with Crippen LogP contribution in [0.2, 0.25) is 5.02 Å². The van der Waals surface area contributed by atoms with E-state index in [0.717, 1.165) is 12.0 Å². The monoisotopic (exact) mass is 527 g/mol. The van der Waals surface area contributed by atoms with Gasteiger partial charge in [-0.1, -0.05) is 61.0 Å². The van der Waals surface area contributed by atoms with Crippen LogP contribution in [-0.4, -0.2) is 56.9 Å². The van der Waals surface area contributed by atoms with Crippen molar-refractivity contribution in [1.82, 2.24) is 10.2 Å². The zero-order chi connectivity index (χ0) is 25.4. The van der Waals surface area contributed by atoms with Crippen LogP contribution in [0.5, 0.6) is 0 Å². The lowest BCUT2D eigenvalue weighted by Crippen LogP contribution is -2.55. The Balaban J connectivity index is 1.45. The number of anilines is 1. The van der Waals surface area contributed by atoms with Gasteiger partial charge in [0.2, 0.25) is 17.7 Å². The molecule has 3 amide bonds. The van der Waals surface area contributed by atoms with E-state index in [-0.39, 0.29) is 42.0 Å². The summed E-state index contributed by atoms with van der Waals surface area (Å²) in [6.07, 6.45) is 1.12.